The molecule has 0 aliphatic heterocycles. The maximum absolute atomic E-state index is 13.0. The molecule has 2 amide bonds. The fraction of sp³-hybridized carbons (Fsp3) is 0.174. The first kappa shape index (κ1) is 19.3. The summed E-state index contributed by atoms with van der Waals surface area (Å²) >= 11 is 0. The monoisotopic (exact) mass is 373 g/mol. The van der Waals surface area contributed by atoms with Gasteiger partial charge >= 0.3 is 0 Å². The van der Waals surface area contributed by atoms with Crippen molar-refractivity contribution in [2.45, 2.75) is 20.8 Å². The van der Waals surface area contributed by atoms with Gasteiger partial charge in [-0.25, -0.2) is 4.98 Å². The van der Waals surface area contributed by atoms with Crippen LogP contribution in [-0.2, 0) is 0 Å². The first-order valence-electron chi connectivity index (χ1n) is 9.22. The van der Waals surface area contributed by atoms with Gasteiger partial charge in [-0.15, -0.1) is 0 Å². The third-order valence-corrected chi connectivity index (χ3v) is 4.47. The van der Waals surface area contributed by atoms with Gasteiger partial charge in [-0.1, -0.05) is 36.4 Å². The zero-order valence-electron chi connectivity index (χ0n) is 16.3. The Morgan fingerprint density at radius 2 is 1.64 bits per heavy atom. The van der Waals surface area contributed by atoms with E-state index in [1.54, 1.807) is 23.1 Å². The number of nitrogens with zero attached hydrogens (tertiary/aromatic N) is 2. The van der Waals surface area contributed by atoms with Crippen LogP contribution in [-0.4, -0.2) is 23.3 Å². The lowest BCUT2D eigenvalue weighted by Crippen LogP contribution is -2.31. The van der Waals surface area contributed by atoms with Crippen molar-refractivity contribution in [1.82, 2.24) is 4.98 Å². The van der Waals surface area contributed by atoms with Crippen LogP contribution in [0, 0.1) is 13.8 Å². The zero-order valence-corrected chi connectivity index (χ0v) is 16.3. The third-order valence-electron chi connectivity index (χ3n) is 4.47. The Bertz CT molecular complexity index is 1010. The summed E-state index contributed by atoms with van der Waals surface area (Å²) in [7, 11) is 0. The zero-order chi connectivity index (χ0) is 20.1. The van der Waals surface area contributed by atoms with E-state index in [1.807, 2.05) is 69.3 Å². The van der Waals surface area contributed by atoms with E-state index in [0.717, 1.165) is 22.5 Å². The SMILES string of the molecule is CCN(C(=O)c1cccc(C(=O)Nc2ccccc2C)n1)c1cccc(C)c1. The number of nitrogens with one attached hydrogen (secondary N) is 1. The van der Waals surface area contributed by atoms with E-state index in [9.17, 15) is 9.59 Å². The van der Waals surface area contributed by atoms with E-state index in [0.29, 0.717) is 6.54 Å². The van der Waals surface area contributed by atoms with E-state index < -0.39 is 0 Å². The number of carbonyl (C=O) groups excluding carboxylic acids is 2. The number of para-hydroxylation sites is 1. The molecule has 0 bridgehead atoms. The average molecular weight is 373 g/mol. The van der Waals surface area contributed by atoms with Crippen LogP contribution in [0.2, 0.25) is 0 Å². The van der Waals surface area contributed by atoms with Gasteiger partial charge in [-0.2, -0.15) is 0 Å². The van der Waals surface area contributed by atoms with Gasteiger partial charge in [0.05, 0.1) is 0 Å². The van der Waals surface area contributed by atoms with Crippen LogP contribution >= 0.6 is 0 Å². The molecule has 2 aromatic carbocycles. The molecular weight excluding hydrogens is 350 g/mol. The van der Waals surface area contributed by atoms with Gasteiger partial charge in [0.25, 0.3) is 11.8 Å². The maximum Gasteiger partial charge on any atom is 0.276 e. The molecule has 0 aliphatic carbocycles. The predicted octanol–water partition coefficient (Wildman–Crippen LogP) is 4.62. The van der Waals surface area contributed by atoms with Gasteiger partial charge in [0.15, 0.2) is 0 Å². The second-order valence-electron chi connectivity index (χ2n) is 6.57. The predicted molar refractivity (Wildman–Crippen MR) is 112 cm³/mol. The second kappa shape index (κ2) is 8.48. The number of pyridine rings is 1. The molecule has 0 unspecified atom stereocenters. The Kier molecular flexibility index (Phi) is 5.84. The van der Waals surface area contributed by atoms with E-state index >= 15 is 0 Å². The van der Waals surface area contributed by atoms with E-state index in [2.05, 4.69) is 10.3 Å². The molecule has 5 heteroatoms. The van der Waals surface area contributed by atoms with E-state index in [1.165, 1.54) is 0 Å². The van der Waals surface area contributed by atoms with Crippen molar-refractivity contribution in [3.8, 4) is 0 Å². The van der Waals surface area contributed by atoms with Gasteiger partial charge < -0.3 is 10.2 Å². The van der Waals surface area contributed by atoms with E-state index in [4.69, 9.17) is 0 Å². The van der Waals surface area contributed by atoms with Crippen LogP contribution in [0.1, 0.15) is 39.0 Å². The standard InChI is InChI=1S/C23H23N3O2/c1-4-26(18-11-7-9-16(2)15-18)23(28)21-14-8-13-20(24-21)22(27)25-19-12-6-5-10-17(19)3/h5-15H,4H2,1-3H3,(H,25,27). The normalized spacial score (nSPS) is 10.4. The summed E-state index contributed by atoms with van der Waals surface area (Å²) in [4.78, 5) is 31.6. The smallest absolute Gasteiger partial charge is 0.276 e. The minimum absolute atomic E-state index is 0.203. The van der Waals surface area contributed by atoms with Crippen molar-refractivity contribution in [2.24, 2.45) is 0 Å². The van der Waals surface area contributed by atoms with E-state index in [-0.39, 0.29) is 23.2 Å². The lowest BCUT2D eigenvalue weighted by Gasteiger charge is -2.21. The molecule has 1 N–H and O–H groups in total. The van der Waals surface area contributed by atoms with Gasteiger partial charge in [0.1, 0.15) is 11.4 Å². The molecular formula is C23H23N3O2. The third kappa shape index (κ3) is 4.26. The molecule has 0 fully saturated rings. The summed E-state index contributed by atoms with van der Waals surface area (Å²) in [6, 6.07) is 20.2. The highest BCUT2D eigenvalue weighted by Gasteiger charge is 2.19. The van der Waals surface area contributed by atoms with Gasteiger partial charge in [-0.05, 0) is 62.2 Å². The highest BCUT2D eigenvalue weighted by Crippen LogP contribution is 2.19. The van der Waals surface area contributed by atoms with Crippen molar-refractivity contribution < 1.29 is 9.59 Å². The molecule has 3 aromatic rings. The second-order valence-corrected chi connectivity index (χ2v) is 6.57. The van der Waals surface area contributed by atoms with Crippen LogP contribution in [0.25, 0.3) is 0 Å². The Balaban J connectivity index is 1.84. The van der Waals surface area contributed by atoms with Crippen molar-refractivity contribution in [3.63, 3.8) is 0 Å². The minimum atomic E-state index is -0.345. The lowest BCUT2D eigenvalue weighted by atomic mass is 10.2. The Hall–Kier alpha value is -3.47. The topological polar surface area (TPSA) is 62.3 Å². The highest BCUT2D eigenvalue weighted by molar-refractivity contribution is 6.07. The number of hydrogen-bond donors (Lipinski definition) is 1. The van der Waals surface area contributed by atoms with Crippen molar-refractivity contribution in [3.05, 3.63) is 89.2 Å². The van der Waals surface area contributed by atoms with Gasteiger partial charge in [-0.3, -0.25) is 9.59 Å². The fourth-order valence-corrected chi connectivity index (χ4v) is 2.96. The van der Waals surface area contributed by atoms with Crippen LogP contribution in [0.15, 0.2) is 66.7 Å². The number of hydrogen-bond acceptors (Lipinski definition) is 3. The molecule has 0 atom stereocenters. The summed E-state index contributed by atoms with van der Waals surface area (Å²) in [5.41, 5.74) is 4.00. The molecule has 3 rings (SSSR count). The summed E-state index contributed by atoms with van der Waals surface area (Å²) in [5, 5.41) is 2.85. The maximum atomic E-state index is 13.0. The molecule has 0 spiro atoms. The van der Waals surface area contributed by atoms with Crippen molar-refractivity contribution >= 4 is 23.2 Å². The summed E-state index contributed by atoms with van der Waals surface area (Å²) in [6.45, 7) is 6.32. The Morgan fingerprint density at radius 3 is 2.36 bits per heavy atom. The molecule has 0 aliphatic rings. The quantitative estimate of drug-likeness (QED) is 0.710. The highest BCUT2D eigenvalue weighted by atomic mass is 16.2. The van der Waals surface area contributed by atoms with Crippen LogP contribution in [0.5, 0.6) is 0 Å². The average Bonchev–Trinajstić information content (AvgIpc) is 2.70. The number of aromatic nitrogens is 1. The van der Waals surface area contributed by atoms with Crippen LogP contribution in [0.3, 0.4) is 0 Å². The minimum Gasteiger partial charge on any atom is -0.320 e. The Labute approximate surface area is 165 Å². The summed E-state index contributed by atoms with van der Waals surface area (Å²) < 4.78 is 0. The summed E-state index contributed by atoms with van der Waals surface area (Å²) in [6.07, 6.45) is 0. The lowest BCUT2D eigenvalue weighted by molar-refractivity contribution is 0.0983. The first-order valence-corrected chi connectivity index (χ1v) is 9.22. The molecule has 1 aromatic heterocycles. The number of carbonyl (C=O) groups is 2. The fourth-order valence-electron chi connectivity index (χ4n) is 2.96. The van der Waals surface area contributed by atoms with Crippen molar-refractivity contribution in [1.29, 1.82) is 0 Å². The number of amides is 2. The molecule has 1 heterocycles. The molecule has 0 saturated heterocycles. The van der Waals surface area contributed by atoms with Gasteiger partial charge in [0, 0.05) is 17.9 Å². The molecule has 142 valence electrons. The number of rotatable bonds is 5. The Morgan fingerprint density at radius 1 is 0.929 bits per heavy atom. The van der Waals surface area contributed by atoms with Crippen molar-refractivity contribution in [2.75, 3.05) is 16.8 Å². The molecule has 0 saturated carbocycles. The van der Waals surface area contributed by atoms with Crippen LogP contribution in [0.4, 0.5) is 11.4 Å². The number of anilines is 2. The number of aryl methyl sites for hydroxylation is 2. The largest absolute Gasteiger partial charge is 0.320 e. The van der Waals surface area contributed by atoms with Crippen LogP contribution < -0.4 is 10.2 Å². The molecule has 5 nitrogen and oxygen atoms in total. The molecule has 0 radical (unpaired) electrons. The van der Waals surface area contributed by atoms with Gasteiger partial charge in [0.2, 0.25) is 0 Å². The first-order chi connectivity index (χ1) is 13.5. The summed E-state index contributed by atoms with van der Waals surface area (Å²) in [5.74, 6) is -0.582. The molecule has 28 heavy (non-hydrogen) atoms. The number of benzene rings is 2.